The number of fused-ring (bicyclic) bond motifs is 1. The van der Waals surface area contributed by atoms with E-state index in [1.807, 2.05) is 32.0 Å². The van der Waals surface area contributed by atoms with E-state index in [9.17, 15) is 4.79 Å². The molecule has 0 fully saturated rings. The fourth-order valence-electron chi connectivity index (χ4n) is 3.04. The molecule has 0 radical (unpaired) electrons. The van der Waals surface area contributed by atoms with E-state index in [-0.39, 0.29) is 5.91 Å². The second kappa shape index (κ2) is 8.03. The van der Waals surface area contributed by atoms with Crippen LogP contribution in [0.1, 0.15) is 28.9 Å². The molecule has 0 bridgehead atoms. The van der Waals surface area contributed by atoms with Crippen LogP contribution in [0.25, 0.3) is 5.78 Å². The Balaban J connectivity index is 1.60. The minimum atomic E-state index is -0.0257. The largest absolute Gasteiger partial charge is 0.493 e. The van der Waals surface area contributed by atoms with Crippen molar-refractivity contribution in [1.29, 1.82) is 0 Å². The molecule has 3 aromatic rings. The number of aryl methyl sites for hydroxylation is 2. The number of carbonyl (C=O) groups excluding carboxylic acids is 1. The lowest BCUT2D eigenvalue weighted by Crippen LogP contribution is -2.23. The SMILES string of the molecule is COc1ccc(CNC(=O)CCc2c(C)nc3ncnn3c2C)cc1OC. The van der Waals surface area contributed by atoms with Crippen molar-refractivity contribution in [1.82, 2.24) is 24.9 Å². The average Bonchev–Trinajstić information content (AvgIpc) is 3.14. The summed E-state index contributed by atoms with van der Waals surface area (Å²) in [6, 6.07) is 5.58. The van der Waals surface area contributed by atoms with E-state index in [2.05, 4.69) is 20.4 Å². The quantitative estimate of drug-likeness (QED) is 0.685. The molecule has 0 atom stereocenters. The number of hydrogen-bond donors (Lipinski definition) is 1. The summed E-state index contributed by atoms with van der Waals surface area (Å²) < 4.78 is 12.2. The molecule has 142 valence electrons. The van der Waals surface area contributed by atoms with E-state index in [1.54, 1.807) is 18.7 Å². The minimum absolute atomic E-state index is 0.0257. The van der Waals surface area contributed by atoms with Gasteiger partial charge in [0.1, 0.15) is 6.33 Å². The maximum Gasteiger partial charge on any atom is 0.252 e. The van der Waals surface area contributed by atoms with E-state index in [4.69, 9.17) is 9.47 Å². The molecule has 2 heterocycles. The number of aromatic nitrogens is 4. The highest BCUT2D eigenvalue weighted by Crippen LogP contribution is 2.27. The van der Waals surface area contributed by atoms with Crippen molar-refractivity contribution in [3.8, 4) is 11.5 Å². The first-order valence-electron chi connectivity index (χ1n) is 8.67. The fourth-order valence-corrected chi connectivity index (χ4v) is 3.04. The van der Waals surface area contributed by atoms with Gasteiger partial charge in [0.05, 0.1) is 14.2 Å². The molecule has 8 nitrogen and oxygen atoms in total. The van der Waals surface area contributed by atoms with Gasteiger partial charge in [0.15, 0.2) is 11.5 Å². The smallest absolute Gasteiger partial charge is 0.252 e. The Hall–Kier alpha value is -3.16. The van der Waals surface area contributed by atoms with E-state index in [0.717, 1.165) is 22.5 Å². The van der Waals surface area contributed by atoms with Crippen LogP contribution in [0.4, 0.5) is 0 Å². The van der Waals surface area contributed by atoms with E-state index in [0.29, 0.717) is 36.7 Å². The third kappa shape index (κ3) is 3.99. The number of ether oxygens (including phenoxy) is 2. The van der Waals surface area contributed by atoms with Gasteiger partial charge in [-0.25, -0.2) is 9.50 Å². The van der Waals surface area contributed by atoms with Crippen molar-refractivity contribution in [3.05, 3.63) is 47.0 Å². The minimum Gasteiger partial charge on any atom is -0.493 e. The Bertz CT molecular complexity index is 967. The number of hydrogen-bond acceptors (Lipinski definition) is 6. The summed E-state index contributed by atoms with van der Waals surface area (Å²) in [7, 11) is 3.18. The molecule has 3 rings (SSSR count). The number of rotatable bonds is 7. The third-order valence-corrected chi connectivity index (χ3v) is 4.53. The molecule has 8 heteroatoms. The second-order valence-corrected chi connectivity index (χ2v) is 6.20. The lowest BCUT2D eigenvalue weighted by atomic mass is 10.1. The van der Waals surface area contributed by atoms with Crippen LogP contribution >= 0.6 is 0 Å². The first kappa shape index (κ1) is 18.6. The zero-order valence-electron chi connectivity index (χ0n) is 15.9. The van der Waals surface area contributed by atoms with Gasteiger partial charge in [0.2, 0.25) is 5.91 Å². The topological polar surface area (TPSA) is 90.6 Å². The van der Waals surface area contributed by atoms with Crippen molar-refractivity contribution >= 4 is 11.7 Å². The number of carbonyl (C=O) groups is 1. The van der Waals surface area contributed by atoms with Crippen LogP contribution in [-0.4, -0.2) is 39.7 Å². The van der Waals surface area contributed by atoms with Crippen molar-refractivity contribution in [2.45, 2.75) is 33.2 Å². The summed E-state index contributed by atoms with van der Waals surface area (Å²) >= 11 is 0. The standard InChI is InChI=1S/C19H23N5O3/c1-12-15(13(2)24-19(23-12)21-11-22-24)6-8-18(25)20-10-14-5-7-16(26-3)17(9-14)27-4/h5,7,9,11H,6,8,10H2,1-4H3,(H,20,25). The third-order valence-electron chi connectivity index (χ3n) is 4.53. The number of methoxy groups -OCH3 is 2. The second-order valence-electron chi connectivity index (χ2n) is 6.20. The molecule has 0 aliphatic heterocycles. The molecule has 0 saturated heterocycles. The molecule has 1 N–H and O–H groups in total. The summed E-state index contributed by atoms with van der Waals surface area (Å²) in [5, 5.41) is 7.11. The van der Waals surface area contributed by atoms with Gasteiger partial charge in [0, 0.05) is 24.4 Å². The normalized spacial score (nSPS) is 10.8. The highest BCUT2D eigenvalue weighted by Gasteiger charge is 2.13. The van der Waals surface area contributed by atoms with Crippen LogP contribution in [0.5, 0.6) is 11.5 Å². The lowest BCUT2D eigenvalue weighted by molar-refractivity contribution is -0.121. The van der Waals surface area contributed by atoms with Crippen LogP contribution in [0.3, 0.4) is 0 Å². The van der Waals surface area contributed by atoms with Gasteiger partial charge in [-0.3, -0.25) is 4.79 Å². The van der Waals surface area contributed by atoms with E-state index in [1.165, 1.54) is 6.33 Å². The van der Waals surface area contributed by atoms with Gasteiger partial charge in [-0.1, -0.05) is 6.07 Å². The van der Waals surface area contributed by atoms with Gasteiger partial charge < -0.3 is 14.8 Å². The Morgan fingerprint density at radius 3 is 2.70 bits per heavy atom. The average molecular weight is 369 g/mol. The van der Waals surface area contributed by atoms with Crippen molar-refractivity contribution in [2.24, 2.45) is 0 Å². The number of benzene rings is 1. The maximum absolute atomic E-state index is 12.3. The van der Waals surface area contributed by atoms with Gasteiger partial charge in [-0.05, 0) is 43.5 Å². The molecule has 1 aromatic carbocycles. The van der Waals surface area contributed by atoms with Gasteiger partial charge in [-0.2, -0.15) is 10.1 Å². The number of nitrogens with one attached hydrogen (secondary N) is 1. The number of amides is 1. The molecular formula is C19H23N5O3. The van der Waals surface area contributed by atoms with Crippen LogP contribution in [0.2, 0.25) is 0 Å². The molecule has 2 aromatic heterocycles. The van der Waals surface area contributed by atoms with Crippen LogP contribution < -0.4 is 14.8 Å². The monoisotopic (exact) mass is 369 g/mol. The summed E-state index contributed by atoms with van der Waals surface area (Å²) in [5.41, 5.74) is 3.80. The maximum atomic E-state index is 12.3. The van der Waals surface area contributed by atoms with E-state index >= 15 is 0 Å². The van der Waals surface area contributed by atoms with Crippen molar-refractivity contribution in [3.63, 3.8) is 0 Å². The van der Waals surface area contributed by atoms with Crippen LogP contribution in [0.15, 0.2) is 24.5 Å². The van der Waals surface area contributed by atoms with Gasteiger partial charge >= 0.3 is 0 Å². The highest BCUT2D eigenvalue weighted by molar-refractivity contribution is 5.76. The zero-order chi connectivity index (χ0) is 19.4. The molecule has 1 amide bonds. The molecule has 27 heavy (non-hydrogen) atoms. The summed E-state index contributed by atoms with van der Waals surface area (Å²) in [6.07, 6.45) is 2.45. The van der Waals surface area contributed by atoms with Crippen molar-refractivity contribution < 1.29 is 14.3 Å². The molecule has 0 aliphatic rings. The van der Waals surface area contributed by atoms with Crippen LogP contribution in [-0.2, 0) is 17.8 Å². The number of nitrogens with zero attached hydrogens (tertiary/aromatic N) is 4. The summed E-state index contributed by atoms with van der Waals surface area (Å²) in [5.74, 6) is 1.85. The summed E-state index contributed by atoms with van der Waals surface area (Å²) in [4.78, 5) is 20.8. The van der Waals surface area contributed by atoms with Crippen molar-refractivity contribution in [2.75, 3.05) is 14.2 Å². The molecule has 0 unspecified atom stereocenters. The first-order chi connectivity index (χ1) is 13.0. The first-order valence-corrected chi connectivity index (χ1v) is 8.67. The Morgan fingerprint density at radius 1 is 1.19 bits per heavy atom. The van der Waals surface area contributed by atoms with Gasteiger partial charge in [0.25, 0.3) is 5.78 Å². The predicted octanol–water partition coefficient (Wildman–Crippen LogP) is 2.01. The van der Waals surface area contributed by atoms with Crippen LogP contribution in [0, 0.1) is 13.8 Å². The predicted molar refractivity (Wildman–Crippen MR) is 100.0 cm³/mol. The Morgan fingerprint density at radius 2 is 1.96 bits per heavy atom. The Labute approximate surface area is 157 Å². The fraction of sp³-hybridized carbons (Fsp3) is 0.368. The summed E-state index contributed by atoms with van der Waals surface area (Å²) in [6.45, 7) is 4.32. The highest BCUT2D eigenvalue weighted by atomic mass is 16.5. The lowest BCUT2D eigenvalue weighted by Gasteiger charge is -2.12. The van der Waals surface area contributed by atoms with E-state index < -0.39 is 0 Å². The Kier molecular flexibility index (Phi) is 5.54. The molecule has 0 spiro atoms. The molecular weight excluding hydrogens is 346 g/mol. The molecule has 0 saturated carbocycles. The molecule has 0 aliphatic carbocycles. The zero-order valence-corrected chi connectivity index (χ0v) is 15.9. The van der Waals surface area contributed by atoms with Gasteiger partial charge in [-0.15, -0.1) is 0 Å².